The number of hydrogen-bond acceptors (Lipinski definition) is 7. The van der Waals surface area contributed by atoms with Gasteiger partial charge in [-0.25, -0.2) is 4.98 Å². The topological polar surface area (TPSA) is 96.5 Å². The van der Waals surface area contributed by atoms with E-state index in [2.05, 4.69) is 4.98 Å². The highest BCUT2D eigenvalue weighted by atomic mass is 32.2. The summed E-state index contributed by atoms with van der Waals surface area (Å²) < 4.78 is 0.758. The number of nitrogens with zero attached hydrogens (tertiary/aromatic N) is 2. The first kappa shape index (κ1) is 13.2. The number of rotatable bonds is 5. The largest absolute Gasteiger partial charge is 0.394 e. The molecule has 0 saturated heterocycles. The maximum Gasteiger partial charge on any atom is 0.309 e. The van der Waals surface area contributed by atoms with E-state index in [4.69, 9.17) is 5.11 Å². The van der Waals surface area contributed by atoms with Crippen LogP contribution in [0.15, 0.2) is 22.5 Å². The molecule has 1 unspecified atom stereocenters. The lowest BCUT2D eigenvalue weighted by Gasteiger charge is -2.07. The molecule has 2 N–H and O–H groups in total. The fraction of sp³-hybridized carbons (Fsp3) is 0.300. The van der Waals surface area contributed by atoms with Crippen molar-refractivity contribution in [3.05, 3.63) is 27.8 Å². The van der Waals surface area contributed by atoms with Crippen molar-refractivity contribution in [2.24, 2.45) is 0 Å². The van der Waals surface area contributed by atoms with E-state index in [1.54, 1.807) is 17.6 Å². The molecule has 0 spiro atoms. The van der Waals surface area contributed by atoms with Crippen LogP contribution in [-0.2, 0) is 0 Å². The van der Waals surface area contributed by atoms with Crippen molar-refractivity contribution in [1.82, 2.24) is 4.98 Å². The van der Waals surface area contributed by atoms with E-state index in [0.717, 1.165) is 16.5 Å². The highest BCUT2D eigenvalue weighted by Gasteiger charge is 2.21. The second kappa shape index (κ2) is 5.61. The van der Waals surface area contributed by atoms with Crippen LogP contribution in [0.1, 0.15) is 0 Å². The molecule has 0 aliphatic heterocycles. The Bertz CT molecular complexity index is 572. The summed E-state index contributed by atoms with van der Waals surface area (Å²) >= 11 is 2.48. The molecule has 96 valence electrons. The average molecular weight is 286 g/mol. The lowest BCUT2D eigenvalue weighted by atomic mass is 10.3. The number of nitro benzene ring substituents is 1. The minimum atomic E-state index is -0.888. The van der Waals surface area contributed by atoms with Crippen molar-refractivity contribution in [3.63, 3.8) is 0 Å². The molecule has 6 nitrogen and oxygen atoms in total. The van der Waals surface area contributed by atoms with Gasteiger partial charge < -0.3 is 10.2 Å². The third-order valence-corrected chi connectivity index (χ3v) is 4.25. The Labute approximate surface area is 110 Å². The Morgan fingerprint density at radius 2 is 2.33 bits per heavy atom. The molecular formula is C10H10N2O4S2. The number of benzene rings is 1. The van der Waals surface area contributed by atoms with E-state index in [-0.39, 0.29) is 18.0 Å². The smallest absolute Gasteiger partial charge is 0.309 e. The highest BCUT2D eigenvalue weighted by molar-refractivity contribution is 7.99. The van der Waals surface area contributed by atoms with Crippen molar-refractivity contribution in [2.75, 3.05) is 12.4 Å². The van der Waals surface area contributed by atoms with E-state index in [1.807, 2.05) is 0 Å². The number of hydrogen-bond donors (Lipinski definition) is 2. The predicted octanol–water partition coefficient (Wildman–Crippen LogP) is 1.65. The Hall–Kier alpha value is -1.22. The van der Waals surface area contributed by atoms with E-state index < -0.39 is 11.0 Å². The summed E-state index contributed by atoms with van der Waals surface area (Å²) in [5, 5.41) is 29.1. The Kier molecular flexibility index (Phi) is 4.12. The molecule has 18 heavy (non-hydrogen) atoms. The molecule has 1 heterocycles. The lowest BCUT2D eigenvalue weighted by molar-refractivity contribution is -0.386. The molecular weight excluding hydrogens is 276 g/mol. The van der Waals surface area contributed by atoms with Gasteiger partial charge in [0.15, 0.2) is 5.52 Å². The number of nitro groups is 1. The van der Waals surface area contributed by atoms with Gasteiger partial charge in [0.2, 0.25) is 0 Å². The molecule has 0 bridgehead atoms. The fourth-order valence-corrected chi connectivity index (χ4v) is 3.06. The molecule has 0 aliphatic carbocycles. The predicted molar refractivity (Wildman–Crippen MR) is 70.1 cm³/mol. The molecule has 0 aliphatic rings. The second-order valence-corrected chi connectivity index (χ2v) is 5.46. The van der Waals surface area contributed by atoms with Crippen LogP contribution in [0.3, 0.4) is 0 Å². The van der Waals surface area contributed by atoms with Gasteiger partial charge in [-0.1, -0.05) is 0 Å². The van der Waals surface area contributed by atoms with Crippen LogP contribution in [0.5, 0.6) is 0 Å². The normalized spacial score (nSPS) is 12.8. The number of aliphatic hydroxyl groups excluding tert-OH is 2. The SMILES string of the molecule is O=[N+]([O-])c1c(SCC(O)CO)ccc2scnc12. The summed E-state index contributed by atoms with van der Waals surface area (Å²) in [4.78, 5) is 15.1. The molecule has 0 radical (unpaired) electrons. The van der Waals surface area contributed by atoms with Crippen LogP contribution in [-0.4, -0.2) is 38.6 Å². The number of fused-ring (bicyclic) bond motifs is 1. The summed E-state index contributed by atoms with van der Waals surface area (Å²) in [6.45, 7) is -0.361. The van der Waals surface area contributed by atoms with Crippen molar-refractivity contribution < 1.29 is 15.1 Å². The first-order chi connectivity index (χ1) is 8.63. The third-order valence-electron chi connectivity index (χ3n) is 2.26. The summed E-state index contributed by atoms with van der Waals surface area (Å²) in [6.07, 6.45) is -0.888. The summed E-state index contributed by atoms with van der Waals surface area (Å²) in [6, 6.07) is 3.42. The Balaban J connectivity index is 2.37. The van der Waals surface area contributed by atoms with Gasteiger partial charge in [0.05, 0.1) is 32.7 Å². The van der Waals surface area contributed by atoms with Crippen LogP contribution < -0.4 is 0 Å². The quantitative estimate of drug-likeness (QED) is 0.493. The lowest BCUT2D eigenvalue weighted by Crippen LogP contribution is -2.14. The van der Waals surface area contributed by atoms with Crippen molar-refractivity contribution in [2.45, 2.75) is 11.0 Å². The van der Waals surface area contributed by atoms with Crippen LogP contribution in [0, 0.1) is 10.1 Å². The highest BCUT2D eigenvalue weighted by Crippen LogP contribution is 2.36. The molecule has 2 aromatic rings. The number of aliphatic hydroxyl groups is 2. The maximum absolute atomic E-state index is 11.1. The summed E-state index contributed by atoms with van der Waals surface area (Å²) in [5.41, 5.74) is 1.90. The zero-order valence-electron chi connectivity index (χ0n) is 9.15. The van der Waals surface area contributed by atoms with Crippen LogP contribution in [0.25, 0.3) is 10.2 Å². The van der Waals surface area contributed by atoms with Crippen molar-refractivity contribution in [1.29, 1.82) is 0 Å². The minimum absolute atomic E-state index is 0.0381. The molecule has 1 atom stereocenters. The number of thiazole rings is 1. The van der Waals surface area contributed by atoms with Crippen molar-refractivity contribution in [3.8, 4) is 0 Å². The molecule has 1 aromatic heterocycles. The standard InChI is InChI=1S/C10H10N2O4S2/c13-3-6(14)4-17-8-2-1-7-9(11-5-18-7)10(8)12(15)16/h1-2,5-6,13-14H,3-4H2. The van der Waals surface area contributed by atoms with Gasteiger partial charge in [-0.15, -0.1) is 23.1 Å². The Morgan fingerprint density at radius 1 is 1.56 bits per heavy atom. The van der Waals surface area contributed by atoms with Gasteiger partial charge in [-0.2, -0.15) is 0 Å². The maximum atomic E-state index is 11.1. The van der Waals surface area contributed by atoms with Gasteiger partial charge in [0.25, 0.3) is 0 Å². The fourth-order valence-electron chi connectivity index (χ4n) is 1.43. The molecule has 8 heteroatoms. The zero-order valence-corrected chi connectivity index (χ0v) is 10.8. The first-order valence-electron chi connectivity index (χ1n) is 5.05. The van der Waals surface area contributed by atoms with Crippen LogP contribution in [0.4, 0.5) is 5.69 Å². The van der Waals surface area contributed by atoms with Crippen molar-refractivity contribution >= 4 is 39.0 Å². The van der Waals surface area contributed by atoms with Gasteiger partial charge in [-0.3, -0.25) is 10.1 Å². The van der Waals surface area contributed by atoms with E-state index in [9.17, 15) is 15.2 Å². The summed E-state index contributed by atoms with van der Waals surface area (Å²) in [7, 11) is 0. The monoisotopic (exact) mass is 286 g/mol. The van der Waals surface area contributed by atoms with Gasteiger partial charge in [0.1, 0.15) is 0 Å². The van der Waals surface area contributed by atoms with Gasteiger partial charge in [-0.05, 0) is 12.1 Å². The minimum Gasteiger partial charge on any atom is -0.394 e. The summed E-state index contributed by atoms with van der Waals surface area (Å²) in [5.74, 6) is 0.201. The van der Waals surface area contributed by atoms with E-state index >= 15 is 0 Å². The van der Waals surface area contributed by atoms with Crippen LogP contribution >= 0.6 is 23.1 Å². The van der Waals surface area contributed by atoms with E-state index in [0.29, 0.717) is 10.4 Å². The number of aromatic nitrogens is 1. The van der Waals surface area contributed by atoms with Crippen LogP contribution in [0.2, 0.25) is 0 Å². The molecule has 0 amide bonds. The second-order valence-electron chi connectivity index (χ2n) is 3.52. The molecule has 1 aromatic carbocycles. The van der Waals surface area contributed by atoms with E-state index in [1.165, 1.54) is 11.3 Å². The van der Waals surface area contributed by atoms with Gasteiger partial charge >= 0.3 is 5.69 Å². The number of thioether (sulfide) groups is 1. The molecule has 0 saturated carbocycles. The first-order valence-corrected chi connectivity index (χ1v) is 6.92. The average Bonchev–Trinajstić information content (AvgIpc) is 2.82. The van der Waals surface area contributed by atoms with Gasteiger partial charge in [0, 0.05) is 5.75 Å². The third kappa shape index (κ3) is 2.61. The molecule has 2 rings (SSSR count). The Morgan fingerprint density at radius 3 is 3.00 bits per heavy atom. The zero-order chi connectivity index (χ0) is 13.1. The molecule has 0 fully saturated rings.